The highest BCUT2D eigenvalue weighted by atomic mass is 32.1. The Bertz CT molecular complexity index is 631. The Labute approximate surface area is 113 Å². The third-order valence-corrected chi connectivity index (χ3v) is 4.73. The summed E-state index contributed by atoms with van der Waals surface area (Å²) in [7, 11) is 0. The van der Waals surface area contributed by atoms with Crippen LogP contribution < -0.4 is 11.3 Å². The predicted octanol–water partition coefficient (Wildman–Crippen LogP) is 3.10. The van der Waals surface area contributed by atoms with Gasteiger partial charge in [0.25, 0.3) is 0 Å². The molecule has 0 aliphatic rings. The first-order valence-corrected chi connectivity index (χ1v) is 7.45. The lowest BCUT2D eigenvalue weighted by Crippen LogP contribution is -2.29. The molecule has 0 bridgehead atoms. The van der Waals surface area contributed by atoms with Gasteiger partial charge in [-0.05, 0) is 22.4 Å². The minimum Gasteiger partial charge on any atom is -0.271 e. The molecule has 1 aromatic carbocycles. The second kappa shape index (κ2) is 5.16. The Balaban J connectivity index is 1.96. The van der Waals surface area contributed by atoms with E-state index in [4.69, 9.17) is 5.84 Å². The van der Waals surface area contributed by atoms with E-state index in [1.165, 1.54) is 15.6 Å². The average molecular weight is 275 g/mol. The van der Waals surface area contributed by atoms with Crippen molar-refractivity contribution in [2.24, 2.45) is 5.84 Å². The molecule has 1 unspecified atom stereocenters. The van der Waals surface area contributed by atoms with Gasteiger partial charge in [0, 0.05) is 22.7 Å². The third kappa shape index (κ3) is 2.18. The minimum absolute atomic E-state index is 0.118. The van der Waals surface area contributed by atoms with E-state index in [0.717, 1.165) is 11.4 Å². The van der Waals surface area contributed by atoms with Gasteiger partial charge in [0.05, 0.1) is 11.0 Å². The van der Waals surface area contributed by atoms with E-state index < -0.39 is 0 Å². The lowest BCUT2D eigenvalue weighted by Gasteiger charge is -2.13. The van der Waals surface area contributed by atoms with Crippen molar-refractivity contribution in [3.05, 3.63) is 51.8 Å². The Morgan fingerprint density at radius 2 is 2.17 bits per heavy atom. The summed E-state index contributed by atoms with van der Waals surface area (Å²) >= 11 is 3.42. The Hall–Kier alpha value is -1.27. The van der Waals surface area contributed by atoms with Crippen molar-refractivity contribution >= 4 is 32.8 Å². The van der Waals surface area contributed by atoms with Crippen LogP contribution in [-0.4, -0.2) is 4.98 Å². The van der Waals surface area contributed by atoms with E-state index in [2.05, 4.69) is 40.1 Å². The van der Waals surface area contributed by atoms with Crippen LogP contribution in [0.25, 0.3) is 10.1 Å². The number of benzene rings is 1. The number of nitrogens with zero attached hydrogens (tertiary/aromatic N) is 1. The smallest absolute Gasteiger partial charge is 0.0944 e. The standard InChI is InChI=1S/C13H13N3S2/c14-16-11(7-13-15-5-6-17-13)10-8-18-12-4-2-1-3-9(10)12/h1-6,8,11,16H,7,14H2. The van der Waals surface area contributed by atoms with Crippen LogP contribution >= 0.6 is 22.7 Å². The SMILES string of the molecule is NNC(Cc1nccs1)c1csc2ccccc12. The zero-order chi connectivity index (χ0) is 12.4. The van der Waals surface area contributed by atoms with Crippen molar-refractivity contribution in [3.8, 4) is 0 Å². The summed E-state index contributed by atoms with van der Waals surface area (Å²) in [5, 5.41) is 6.56. The van der Waals surface area contributed by atoms with Crippen molar-refractivity contribution in [2.75, 3.05) is 0 Å². The van der Waals surface area contributed by atoms with Crippen molar-refractivity contribution in [2.45, 2.75) is 12.5 Å². The molecule has 0 saturated heterocycles. The van der Waals surface area contributed by atoms with Gasteiger partial charge in [-0.15, -0.1) is 22.7 Å². The molecule has 0 aliphatic carbocycles. The highest BCUT2D eigenvalue weighted by Gasteiger charge is 2.16. The third-order valence-electron chi connectivity index (χ3n) is 2.95. The van der Waals surface area contributed by atoms with E-state index in [0.29, 0.717) is 0 Å². The van der Waals surface area contributed by atoms with Gasteiger partial charge >= 0.3 is 0 Å². The molecule has 1 atom stereocenters. The highest BCUT2D eigenvalue weighted by molar-refractivity contribution is 7.17. The average Bonchev–Trinajstić information content (AvgIpc) is 3.05. The molecule has 0 radical (unpaired) electrons. The van der Waals surface area contributed by atoms with Gasteiger partial charge in [-0.3, -0.25) is 11.3 Å². The molecule has 3 rings (SSSR count). The lowest BCUT2D eigenvalue weighted by atomic mass is 10.0. The maximum atomic E-state index is 5.70. The van der Waals surface area contributed by atoms with Crippen molar-refractivity contribution in [1.82, 2.24) is 10.4 Å². The van der Waals surface area contributed by atoms with Gasteiger partial charge in [0.1, 0.15) is 0 Å². The zero-order valence-corrected chi connectivity index (χ0v) is 11.3. The predicted molar refractivity (Wildman–Crippen MR) is 77.7 cm³/mol. The Morgan fingerprint density at radius 1 is 1.28 bits per heavy atom. The number of fused-ring (bicyclic) bond motifs is 1. The van der Waals surface area contributed by atoms with Crippen molar-refractivity contribution in [1.29, 1.82) is 0 Å². The molecule has 3 N–H and O–H groups in total. The van der Waals surface area contributed by atoms with Crippen LogP contribution in [0.5, 0.6) is 0 Å². The Morgan fingerprint density at radius 3 is 2.94 bits per heavy atom. The van der Waals surface area contributed by atoms with E-state index in [-0.39, 0.29) is 6.04 Å². The molecule has 0 spiro atoms. The zero-order valence-electron chi connectivity index (χ0n) is 9.67. The number of aromatic nitrogens is 1. The number of hydrogen-bond acceptors (Lipinski definition) is 5. The number of thiazole rings is 1. The van der Waals surface area contributed by atoms with Crippen molar-refractivity contribution < 1.29 is 0 Å². The number of rotatable bonds is 4. The summed E-state index contributed by atoms with van der Waals surface area (Å²) in [6.07, 6.45) is 2.66. The fourth-order valence-corrected chi connectivity index (χ4v) is 3.73. The minimum atomic E-state index is 0.118. The molecule has 2 heterocycles. The molecule has 2 aromatic heterocycles. The summed E-state index contributed by atoms with van der Waals surface area (Å²) in [6, 6.07) is 8.53. The fourth-order valence-electron chi connectivity index (χ4n) is 2.06. The van der Waals surface area contributed by atoms with Crippen LogP contribution in [0.1, 0.15) is 16.6 Å². The molecule has 3 nitrogen and oxygen atoms in total. The molecule has 3 aromatic rings. The summed E-state index contributed by atoms with van der Waals surface area (Å²) in [5.41, 5.74) is 4.17. The van der Waals surface area contributed by atoms with Gasteiger partial charge in [-0.2, -0.15) is 0 Å². The number of nitrogens with two attached hydrogens (primary N) is 1. The van der Waals surface area contributed by atoms with E-state index >= 15 is 0 Å². The molecular formula is C13H13N3S2. The molecule has 0 saturated carbocycles. The number of hydrazine groups is 1. The van der Waals surface area contributed by atoms with Gasteiger partial charge in [-0.1, -0.05) is 18.2 Å². The maximum Gasteiger partial charge on any atom is 0.0944 e. The Kier molecular flexibility index (Phi) is 3.38. The summed E-state index contributed by atoms with van der Waals surface area (Å²) < 4.78 is 1.30. The molecule has 0 amide bonds. The van der Waals surface area contributed by atoms with Gasteiger partial charge in [0.2, 0.25) is 0 Å². The quantitative estimate of drug-likeness (QED) is 0.568. The largest absolute Gasteiger partial charge is 0.271 e. The van der Waals surface area contributed by atoms with Crippen LogP contribution in [0.15, 0.2) is 41.2 Å². The van der Waals surface area contributed by atoms with Gasteiger partial charge in [0.15, 0.2) is 0 Å². The van der Waals surface area contributed by atoms with Crippen LogP contribution in [0.3, 0.4) is 0 Å². The first kappa shape index (κ1) is 11.8. The van der Waals surface area contributed by atoms with Gasteiger partial charge < -0.3 is 0 Å². The van der Waals surface area contributed by atoms with E-state index in [1.807, 2.05) is 11.6 Å². The van der Waals surface area contributed by atoms with Crippen LogP contribution in [0.2, 0.25) is 0 Å². The molecule has 0 aliphatic heterocycles. The van der Waals surface area contributed by atoms with Crippen LogP contribution in [-0.2, 0) is 6.42 Å². The van der Waals surface area contributed by atoms with E-state index in [9.17, 15) is 0 Å². The number of nitrogens with one attached hydrogen (secondary N) is 1. The monoisotopic (exact) mass is 275 g/mol. The number of hydrogen-bond donors (Lipinski definition) is 2. The van der Waals surface area contributed by atoms with Crippen molar-refractivity contribution in [3.63, 3.8) is 0 Å². The summed E-state index contributed by atoms with van der Waals surface area (Å²) in [4.78, 5) is 4.32. The van der Waals surface area contributed by atoms with Crippen LogP contribution in [0, 0.1) is 0 Å². The molecular weight excluding hydrogens is 262 g/mol. The lowest BCUT2D eigenvalue weighted by molar-refractivity contribution is 0.555. The van der Waals surface area contributed by atoms with E-state index in [1.54, 1.807) is 22.7 Å². The fraction of sp³-hybridized carbons (Fsp3) is 0.154. The topological polar surface area (TPSA) is 50.9 Å². The molecule has 18 heavy (non-hydrogen) atoms. The molecule has 5 heteroatoms. The second-order valence-corrected chi connectivity index (χ2v) is 5.93. The first-order valence-electron chi connectivity index (χ1n) is 5.69. The second-order valence-electron chi connectivity index (χ2n) is 4.04. The first-order chi connectivity index (χ1) is 8.88. The highest BCUT2D eigenvalue weighted by Crippen LogP contribution is 2.31. The molecule has 92 valence electrons. The normalized spacial score (nSPS) is 12.9. The van der Waals surface area contributed by atoms with Crippen LogP contribution in [0.4, 0.5) is 0 Å². The summed E-state index contributed by atoms with van der Waals surface area (Å²) in [6.45, 7) is 0. The number of thiophene rings is 1. The summed E-state index contributed by atoms with van der Waals surface area (Å²) in [5.74, 6) is 5.70. The van der Waals surface area contributed by atoms with Gasteiger partial charge in [-0.25, -0.2) is 4.98 Å². The maximum absolute atomic E-state index is 5.70. The molecule has 0 fully saturated rings.